The molecule has 3 rings (SSSR count). The fourth-order valence-electron chi connectivity index (χ4n) is 3.06. The van der Waals surface area contributed by atoms with E-state index in [1.807, 2.05) is 59.4 Å². The van der Waals surface area contributed by atoms with Gasteiger partial charge in [-0.2, -0.15) is 5.10 Å². The Balaban J connectivity index is 1.61. The molecule has 0 aliphatic rings. The van der Waals surface area contributed by atoms with E-state index in [0.717, 1.165) is 17.7 Å². The minimum atomic E-state index is -0.106. The van der Waals surface area contributed by atoms with Crippen LogP contribution in [0, 0.1) is 0 Å². The molecule has 3 aromatic rings. The molecule has 2 N–H and O–H groups in total. The van der Waals surface area contributed by atoms with Gasteiger partial charge in [0.1, 0.15) is 12.6 Å². The van der Waals surface area contributed by atoms with Crippen LogP contribution in [0.1, 0.15) is 22.7 Å². The van der Waals surface area contributed by atoms with Crippen LogP contribution in [0.25, 0.3) is 6.08 Å². The number of carbonyl (C=O) groups is 1. The van der Waals surface area contributed by atoms with Crippen LogP contribution in [0.3, 0.4) is 0 Å². The molecule has 0 aliphatic carbocycles. The number of aromatic nitrogens is 2. The normalized spacial score (nSPS) is 12.4. The summed E-state index contributed by atoms with van der Waals surface area (Å²) in [5.74, 6) is -0.106. The van der Waals surface area contributed by atoms with E-state index in [1.54, 1.807) is 18.3 Å². The molecule has 0 spiro atoms. The molecule has 1 heterocycles. The Hall–Kier alpha value is -3.18. The lowest BCUT2D eigenvalue weighted by molar-refractivity contribution is -0.860. The van der Waals surface area contributed by atoms with Crippen molar-refractivity contribution in [1.82, 2.24) is 15.1 Å². The molecule has 0 saturated heterocycles. The summed E-state index contributed by atoms with van der Waals surface area (Å²) >= 11 is 0. The molecule has 5 nitrogen and oxygen atoms in total. The standard InChI is InChI=1S/C23H26N4O/c1-26(2)18-22(21-11-7-4-8-12-21)25-23(28)14-13-20-15-24-27(17-20)16-19-9-5-3-6-10-19/h3-15,17,22H,16,18H2,1-2H3,(H,25,28)/p+1/b14-13+/t22-/m0/s1. The molecular formula is C23H27N4O+. The predicted octanol–water partition coefficient (Wildman–Crippen LogP) is 1.95. The van der Waals surface area contributed by atoms with Crippen molar-refractivity contribution in [3.63, 3.8) is 0 Å². The smallest absolute Gasteiger partial charge is 0.244 e. The molecule has 1 atom stereocenters. The lowest BCUT2D eigenvalue weighted by Crippen LogP contribution is -3.06. The maximum Gasteiger partial charge on any atom is 0.244 e. The summed E-state index contributed by atoms with van der Waals surface area (Å²) in [7, 11) is 4.16. The highest BCUT2D eigenvalue weighted by atomic mass is 16.1. The summed E-state index contributed by atoms with van der Waals surface area (Å²) in [5.41, 5.74) is 3.21. The van der Waals surface area contributed by atoms with E-state index >= 15 is 0 Å². The summed E-state index contributed by atoms with van der Waals surface area (Å²) in [5, 5.41) is 7.48. The van der Waals surface area contributed by atoms with Gasteiger partial charge in [0.05, 0.1) is 26.8 Å². The van der Waals surface area contributed by atoms with E-state index in [1.165, 1.54) is 10.5 Å². The van der Waals surface area contributed by atoms with Crippen molar-refractivity contribution in [2.75, 3.05) is 20.6 Å². The first kappa shape index (κ1) is 19.6. The van der Waals surface area contributed by atoms with Crippen molar-refractivity contribution in [2.45, 2.75) is 12.6 Å². The first-order valence-electron chi connectivity index (χ1n) is 9.49. The third-order valence-electron chi connectivity index (χ3n) is 4.40. The van der Waals surface area contributed by atoms with Crippen molar-refractivity contribution >= 4 is 12.0 Å². The Labute approximate surface area is 166 Å². The largest absolute Gasteiger partial charge is 0.340 e. The highest BCUT2D eigenvalue weighted by molar-refractivity contribution is 5.91. The zero-order chi connectivity index (χ0) is 19.8. The van der Waals surface area contributed by atoms with Gasteiger partial charge in [-0.25, -0.2) is 0 Å². The topological polar surface area (TPSA) is 51.4 Å². The molecule has 5 heteroatoms. The molecule has 0 bridgehead atoms. The van der Waals surface area contributed by atoms with Gasteiger partial charge in [-0.1, -0.05) is 60.7 Å². The molecular weight excluding hydrogens is 348 g/mol. The van der Waals surface area contributed by atoms with E-state index in [4.69, 9.17) is 0 Å². The summed E-state index contributed by atoms with van der Waals surface area (Å²) < 4.78 is 1.87. The van der Waals surface area contributed by atoms with Crippen LogP contribution >= 0.6 is 0 Å². The number of rotatable bonds is 8. The zero-order valence-corrected chi connectivity index (χ0v) is 16.4. The maximum atomic E-state index is 12.4. The lowest BCUT2D eigenvalue weighted by Gasteiger charge is -2.20. The number of hydrogen-bond acceptors (Lipinski definition) is 2. The molecule has 0 aliphatic heterocycles. The van der Waals surface area contributed by atoms with Crippen LogP contribution in [-0.4, -0.2) is 36.3 Å². The van der Waals surface area contributed by atoms with Crippen LogP contribution in [0.15, 0.2) is 79.1 Å². The Morgan fingerprint density at radius 3 is 2.46 bits per heavy atom. The van der Waals surface area contributed by atoms with Crippen molar-refractivity contribution < 1.29 is 9.69 Å². The summed E-state index contributed by atoms with van der Waals surface area (Å²) in [6.45, 7) is 1.53. The number of benzene rings is 2. The van der Waals surface area contributed by atoms with Gasteiger partial charge in [0.25, 0.3) is 0 Å². The van der Waals surface area contributed by atoms with E-state index in [-0.39, 0.29) is 11.9 Å². The maximum absolute atomic E-state index is 12.4. The zero-order valence-electron chi connectivity index (χ0n) is 16.4. The Morgan fingerprint density at radius 1 is 1.11 bits per heavy atom. The highest BCUT2D eigenvalue weighted by Gasteiger charge is 2.16. The first-order chi connectivity index (χ1) is 13.6. The van der Waals surface area contributed by atoms with Crippen molar-refractivity contribution in [1.29, 1.82) is 0 Å². The minimum Gasteiger partial charge on any atom is -0.340 e. The van der Waals surface area contributed by atoms with Crippen molar-refractivity contribution in [2.24, 2.45) is 0 Å². The van der Waals surface area contributed by atoms with E-state index < -0.39 is 0 Å². The van der Waals surface area contributed by atoms with Gasteiger partial charge in [0.2, 0.25) is 5.91 Å². The minimum absolute atomic E-state index is 0.0239. The molecule has 1 aromatic heterocycles. The number of amides is 1. The second kappa shape index (κ2) is 9.67. The quantitative estimate of drug-likeness (QED) is 0.591. The Bertz CT molecular complexity index is 901. The average Bonchev–Trinajstić information content (AvgIpc) is 3.14. The van der Waals surface area contributed by atoms with E-state index in [2.05, 4.69) is 36.6 Å². The summed E-state index contributed by atoms with van der Waals surface area (Å²) in [6, 6.07) is 20.2. The van der Waals surface area contributed by atoms with Gasteiger partial charge < -0.3 is 10.2 Å². The number of nitrogens with one attached hydrogen (secondary N) is 2. The van der Waals surface area contributed by atoms with Crippen LogP contribution in [0.4, 0.5) is 0 Å². The molecule has 1 amide bonds. The third-order valence-corrected chi connectivity index (χ3v) is 4.40. The number of nitrogens with zero attached hydrogens (tertiary/aromatic N) is 2. The average molecular weight is 375 g/mol. The second-order valence-corrected chi connectivity index (χ2v) is 7.17. The molecule has 0 radical (unpaired) electrons. The van der Waals surface area contributed by atoms with Crippen LogP contribution in [-0.2, 0) is 11.3 Å². The van der Waals surface area contributed by atoms with E-state index in [9.17, 15) is 4.79 Å². The van der Waals surface area contributed by atoms with Gasteiger partial charge >= 0.3 is 0 Å². The molecule has 144 valence electrons. The molecule has 0 unspecified atom stereocenters. The van der Waals surface area contributed by atoms with Gasteiger partial charge in [-0.15, -0.1) is 0 Å². The lowest BCUT2D eigenvalue weighted by atomic mass is 10.1. The van der Waals surface area contributed by atoms with Crippen LogP contribution < -0.4 is 10.2 Å². The highest BCUT2D eigenvalue weighted by Crippen LogP contribution is 2.11. The molecule has 28 heavy (non-hydrogen) atoms. The number of likely N-dealkylation sites (N-methyl/N-ethyl adjacent to an activating group) is 1. The Kier molecular flexibility index (Phi) is 6.76. The van der Waals surface area contributed by atoms with Crippen LogP contribution in [0.5, 0.6) is 0 Å². The monoisotopic (exact) mass is 375 g/mol. The van der Waals surface area contributed by atoms with Crippen molar-refractivity contribution in [3.05, 3.63) is 95.8 Å². The summed E-state index contributed by atoms with van der Waals surface area (Å²) in [6.07, 6.45) is 7.08. The SMILES string of the molecule is C[NH+](C)C[C@H](NC(=O)/C=C/c1cnn(Cc2ccccc2)c1)c1ccccc1. The summed E-state index contributed by atoms with van der Waals surface area (Å²) in [4.78, 5) is 13.7. The van der Waals surface area contributed by atoms with E-state index in [0.29, 0.717) is 6.54 Å². The molecule has 0 fully saturated rings. The number of quaternary nitrogens is 1. The van der Waals surface area contributed by atoms with Gasteiger partial charge in [-0.05, 0) is 17.2 Å². The van der Waals surface area contributed by atoms with Gasteiger partial charge in [0, 0.05) is 17.8 Å². The first-order valence-corrected chi connectivity index (χ1v) is 9.49. The van der Waals surface area contributed by atoms with Gasteiger partial charge in [-0.3, -0.25) is 9.48 Å². The number of hydrogen-bond donors (Lipinski definition) is 2. The van der Waals surface area contributed by atoms with Gasteiger partial charge in [0.15, 0.2) is 0 Å². The molecule has 0 saturated carbocycles. The van der Waals surface area contributed by atoms with Crippen LogP contribution in [0.2, 0.25) is 0 Å². The number of carbonyl (C=O) groups excluding carboxylic acids is 1. The fraction of sp³-hybridized carbons (Fsp3) is 0.217. The fourth-order valence-corrected chi connectivity index (χ4v) is 3.06. The Morgan fingerprint density at radius 2 is 1.79 bits per heavy atom. The van der Waals surface area contributed by atoms with Crippen molar-refractivity contribution in [3.8, 4) is 0 Å². The second-order valence-electron chi connectivity index (χ2n) is 7.17. The third kappa shape index (κ3) is 5.93. The molecule has 2 aromatic carbocycles. The predicted molar refractivity (Wildman–Crippen MR) is 112 cm³/mol.